The molecule has 2 aromatic carbocycles. The van der Waals surface area contributed by atoms with Crippen molar-refractivity contribution in [1.29, 1.82) is 0 Å². The first-order valence-corrected chi connectivity index (χ1v) is 7.22. The van der Waals surface area contributed by atoms with Crippen LogP contribution in [-0.4, -0.2) is 19.1 Å². The van der Waals surface area contributed by atoms with Crippen LogP contribution in [0, 0.1) is 6.92 Å². The number of ether oxygens (including phenoxy) is 2. The Morgan fingerprint density at radius 2 is 1.82 bits per heavy atom. The molecule has 0 saturated heterocycles. The monoisotopic (exact) mass is 299 g/mol. The molecule has 4 nitrogen and oxygen atoms in total. The summed E-state index contributed by atoms with van der Waals surface area (Å²) >= 11 is 0. The fourth-order valence-electron chi connectivity index (χ4n) is 2.07. The summed E-state index contributed by atoms with van der Waals surface area (Å²) in [6, 6.07) is 15.2. The van der Waals surface area contributed by atoms with Gasteiger partial charge in [0.05, 0.1) is 7.11 Å². The first-order chi connectivity index (χ1) is 10.6. The van der Waals surface area contributed by atoms with Crippen LogP contribution in [0.4, 0.5) is 0 Å². The molecule has 0 fully saturated rings. The van der Waals surface area contributed by atoms with Gasteiger partial charge in [0, 0.05) is 6.54 Å². The summed E-state index contributed by atoms with van der Waals surface area (Å²) in [5, 5.41) is 2.88. The molecule has 0 bridgehead atoms. The molecule has 1 atom stereocenters. The molecule has 0 spiro atoms. The van der Waals surface area contributed by atoms with Crippen molar-refractivity contribution in [3.05, 3.63) is 59.7 Å². The number of nitrogens with one attached hydrogen (secondary N) is 1. The summed E-state index contributed by atoms with van der Waals surface area (Å²) in [5.74, 6) is 1.25. The summed E-state index contributed by atoms with van der Waals surface area (Å²) in [5.41, 5.74) is 2.25. The maximum Gasteiger partial charge on any atom is 0.261 e. The third-order valence-electron chi connectivity index (χ3n) is 3.29. The fourth-order valence-corrected chi connectivity index (χ4v) is 2.07. The van der Waals surface area contributed by atoms with Crippen LogP contribution in [0.25, 0.3) is 0 Å². The van der Waals surface area contributed by atoms with Crippen LogP contribution in [-0.2, 0) is 11.3 Å². The van der Waals surface area contributed by atoms with Crippen molar-refractivity contribution >= 4 is 5.91 Å². The number of hydrogen-bond acceptors (Lipinski definition) is 3. The Balaban J connectivity index is 1.86. The number of rotatable bonds is 6. The van der Waals surface area contributed by atoms with Crippen molar-refractivity contribution in [2.24, 2.45) is 0 Å². The molecule has 0 heterocycles. The number of carbonyl (C=O) groups excluding carboxylic acids is 1. The van der Waals surface area contributed by atoms with Crippen molar-refractivity contribution < 1.29 is 14.3 Å². The Morgan fingerprint density at radius 3 is 2.45 bits per heavy atom. The van der Waals surface area contributed by atoms with Gasteiger partial charge in [-0.25, -0.2) is 0 Å². The van der Waals surface area contributed by atoms with Crippen LogP contribution >= 0.6 is 0 Å². The van der Waals surface area contributed by atoms with E-state index in [9.17, 15) is 4.79 Å². The molecule has 4 heteroatoms. The van der Waals surface area contributed by atoms with E-state index >= 15 is 0 Å². The second-order valence-corrected chi connectivity index (χ2v) is 5.14. The zero-order valence-corrected chi connectivity index (χ0v) is 13.1. The van der Waals surface area contributed by atoms with Gasteiger partial charge in [0.1, 0.15) is 11.5 Å². The molecule has 1 amide bonds. The zero-order valence-electron chi connectivity index (χ0n) is 13.1. The highest BCUT2D eigenvalue weighted by Gasteiger charge is 2.14. The van der Waals surface area contributed by atoms with Gasteiger partial charge in [0.2, 0.25) is 0 Å². The molecule has 116 valence electrons. The van der Waals surface area contributed by atoms with E-state index in [0.29, 0.717) is 12.3 Å². The molecule has 2 rings (SSSR count). The number of methoxy groups -OCH3 is 1. The number of hydrogen-bond donors (Lipinski definition) is 1. The molecule has 0 radical (unpaired) electrons. The number of amides is 1. The molecular weight excluding hydrogens is 278 g/mol. The predicted octanol–water partition coefficient (Wildman–Crippen LogP) is 3.09. The normalized spacial score (nSPS) is 11.6. The fraction of sp³-hybridized carbons (Fsp3) is 0.278. The van der Waals surface area contributed by atoms with Crippen molar-refractivity contribution in [1.82, 2.24) is 5.32 Å². The van der Waals surface area contributed by atoms with Crippen molar-refractivity contribution in [2.45, 2.75) is 26.5 Å². The van der Waals surface area contributed by atoms with Crippen molar-refractivity contribution in [3.63, 3.8) is 0 Å². The number of aryl methyl sites for hydroxylation is 1. The average Bonchev–Trinajstić information content (AvgIpc) is 2.53. The minimum atomic E-state index is -0.557. The molecule has 22 heavy (non-hydrogen) atoms. The third-order valence-corrected chi connectivity index (χ3v) is 3.29. The third kappa shape index (κ3) is 4.52. The summed E-state index contributed by atoms with van der Waals surface area (Å²) in [7, 11) is 1.61. The van der Waals surface area contributed by atoms with E-state index < -0.39 is 6.10 Å². The molecule has 0 aromatic heterocycles. The minimum absolute atomic E-state index is 0.141. The van der Waals surface area contributed by atoms with Gasteiger partial charge in [-0.1, -0.05) is 29.8 Å². The molecule has 0 aliphatic heterocycles. The van der Waals surface area contributed by atoms with Gasteiger partial charge < -0.3 is 14.8 Å². The first-order valence-electron chi connectivity index (χ1n) is 7.22. The van der Waals surface area contributed by atoms with Gasteiger partial charge in [-0.2, -0.15) is 0 Å². The Labute approximate surface area is 131 Å². The van der Waals surface area contributed by atoms with Crippen LogP contribution in [0.2, 0.25) is 0 Å². The molecule has 0 saturated carbocycles. The van der Waals surface area contributed by atoms with Crippen LogP contribution < -0.4 is 14.8 Å². The van der Waals surface area contributed by atoms with Crippen molar-refractivity contribution in [3.8, 4) is 11.5 Å². The zero-order chi connectivity index (χ0) is 15.9. The lowest BCUT2D eigenvalue weighted by atomic mass is 10.1. The maximum atomic E-state index is 12.1. The van der Waals surface area contributed by atoms with Crippen LogP contribution in [0.5, 0.6) is 11.5 Å². The quantitative estimate of drug-likeness (QED) is 0.891. The minimum Gasteiger partial charge on any atom is -0.497 e. The van der Waals surface area contributed by atoms with Gasteiger partial charge in [0.25, 0.3) is 5.91 Å². The lowest BCUT2D eigenvalue weighted by Gasteiger charge is -2.15. The highest BCUT2D eigenvalue weighted by atomic mass is 16.5. The maximum absolute atomic E-state index is 12.1. The Hall–Kier alpha value is -2.49. The van der Waals surface area contributed by atoms with E-state index in [-0.39, 0.29) is 5.91 Å². The van der Waals surface area contributed by atoms with Gasteiger partial charge in [-0.05, 0) is 43.7 Å². The summed E-state index contributed by atoms with van der Waals surface area (Å²) in [6.07, 6.45) is -0.557. The summed E-state index contributed by atoms with van der Waals surface area (Å²) in [4.78, 5) is 12.1. The molecular formula is C18H21NO3. The van der Waals surface area contributed by atoms with Gasteiger partial charge >= 0.3 is 0 Å². The van der Waals surface area contributed by atoms with E-state index in [1.807, 2.05) is 25.1 Å². The molecule has 1 N–H and O–H groups in total. The predicted molar refractivity (Wildman–Crippen MR) is 86.1 cm³/mol. The lowest BCUT2D eigenvalue weighted by Crippen LogP contribution is -2.35. The van der Waals surface area contributed by atoms with Gasteiger partial charge in [-0.15, -0.1) is 0 Å². The van der Waals surface area contributed by atoms with Crippen molar-refractivity contribution in [2.75, 3.05) is 7.11 Å². The van der Waals surface area contributed by atoms with E-state index in [2.05, 4.69) is 11.4 Å². The van der Waals surface area contributed by atoms with Gasteiger partial charge in [-0.3, -0.25) is 4.79 Å². The lowest BCUT2D eigenvalue weighted by molar-refractivity contribution is -0.127. The average molecular weight is 299 g/mol. The van der Waals surface area contributed by atoms with E-state index in [0.717, 1.165) is 11.3 Å². The summed E-state index contributed by atoms with van der Waals surface area (Å²) < 4.78 is 10.7. The van der Waals surface area contributed by atoms with E-state index in [1.165, 1.54) is 5.56 Å². The standard InChI is InChI=1S/C18H21NO3/c1-13-5-4-6-15(11-13)12-19-18(20)14(2)22-17-9-7-16(21-3)8-10-17/h4-11,14H,12H2,1-3H3,(H,19,20)/t14-/m0/s1. The molecule has 0 aliphatic rings. The largest absolute Gasteiger partial charge is 0.497 e. The Kier molecular flexibility index (Phi) is 5.42. The van der Waals surface area contributed by atoms with E-state index in [4.69, 9.17) is 9.47 Å². The Morgan fingerprint density at radius 1 is 1.14 bits per heavy atom. The van der Waals surface area contributed by atoms with E-state index in [1.54, 1.807) is 38.3 Å². The summed E-state index contributed by atoms with van der Waals surface area (Å²) in [6.45, 7) is 4.26. The van der Waals surface area contributed by atoms with Crippen LogP contribution in [0.3, 0.4) is 0 Å². The topological polar surface area (TPSA) is 47.6 Å². The highest BCUT2D eigenvalue weighted by molar-refractivity contribution is 5.80. The van der Waals surface area contributed by atoms with Crippen LogP contribution in [0.1, 0.15) is 18.1 Å². The number of benzene rings is 2. The van der Waals surface area contributed by atoms with Crippen LogP contribution in [0.15, 0.2) is 48.5 Å². The highest BCUT2D eigenvalue weighted by Crippen LogP contribution is 2.18. The SMILES string of the molecule is COc1ccc(O[C@@H](C)C(=O)NCc2cccc(C)c2)cc1. The molecule has 2 aromatic rings. The molecule has 0 aliphatic carbocycles. The second kappa shape index (κ2) is 7.50. The van der Waals surface area contributed by atoms with Gasteiger partial charge in [0.15, 0.2) is 6.10 Å². The number of carbonyl (C=O) groups is 1. The first kappa shape index (κ1) is 15.9. The Bertz CT molecular complexity index is 622. The molecule has 0 unspecified atom stereocenters. The smallest absolute Gasteiger partial charge is 0.261 e. The second-order valence-electron chi connectivity index (χ2n) is 5.14.